The quantitative estimate of drug-likeness (QED) is 0.836. The molecule has 0 radical (unpaired) electrons. The van der Waals surface area contributed by atoms with Crippen molar-refractivity contribution in [3.8, 4) is 16.9 Å². The predicted molar refractivity (Wildman–Crippen MR) is 77.6 cm³/mol. The van der Waals surface area contributed by atoms with Gasteiger partial charge in [-0.15, -0.1) is 0 Å². The fourth-order valence-electron chi connectivity index (χ4n) is 1.95. The number of nitrogens with one attached hydrogen (secondary N) is 1. The molecule has 0 saturated carbocycles. The monoisotopic (exact) mass is 255 g/mol. The van der Waals surface area contributed by atoms with Crippen molar-refractivity contribution in [1.29, 1.82) is 5.53 Å². The summed E-state index contributed by atoms with van der Waals surface area (Å²) in [6, 6.07) is 13.8. The van der Waals surface area contributed by atoms with Crippen LogP contribution in [-0.4, -0.2) is 21.2 Å². The summed E-state index contributed by atoms with van der Waals surface area (Å²) in [6.45, 7) is 0. The van der Waals surface area contributed by atoms with Crippen molar-refractivity contribution in [2.24, 2.45) is 5.11 Å². The Bertz CT molecular complexity index is 576. The van der Waals surface area contributed by atoms with E-state index in [2.05, 4.69) is 5.11 Å². The lowest BCUT2D eigenvalue weighted by Crippen LogP contribution is -2.08. The van der Waals surface area contributed by atoms with E-state index >= 15 is 0 Å². The van der Waals surface area contributed by atoms with Crippen LogP contribution in [0.15, 0.2) is 47.6 Å². The van der Waals surface area contributed by atoms with Gasteiger partial charge in [0, 0.05) is 14.1 Å². The Balaban J connectivity index is 2.42. The average molecular weight is 255 g/mol. The third kappa shape index (κ3) is 2.73. The molecule has 2 aromatic carbocycles. The van der Waals surface area contributed by atoms with E-state index in [1.165, 1.54) is 0 Å². The van der Waals surface area contributed by atoms with Crippen LogP contribution in [0.4, 0.5) is 11.4 Å². The van der Waals surface area contributed by atoms with Gasteiger partial charge in [0.1, 0.15) is 11.4 Å². The van der Waals surface area contributed by atoms with Gasteiger partial charge in [-0.05, 0) is 35.4 Å². The van der Waals surface area contributed by atoms with Crippen molar-refractivity contribution >= 4 is 11.4 Å². The van der Waals surface area contributed by atoms with Gasteiger partial charge in [0.05, 0.1) is 12.8 Å². The van der Waals surface area contributed by atoms with Crippen LogP contribution in [0.3, 0.4) is 0 Å². The number of hydrogen-bond acceptors (Lipinski definition) is 4. The summed E-state index contributed by atoms with van der Waals surface area (Å²) in [6.07, 6.45) is 0. The molecule has 1 N–H and O–H groups in total. The molecule has 98 valence electrons. The van der Waals surface area contributed by atoms with Crippen molar-refractivity contribution in [2.75, 3.05) is 26.1 Å². The van der Waals surface area contributed by atoms with Gasteiger partial charge in [-0.25, -0.2) is 5.53 Å². The molecule has 0 heterocycles. The van der Waals surface area contributed by atoms with Gasteiger partial charge in [0.2, 0.25) is 0 Å². The van der Waals surface area contributed by atoms with Gasteiger partial charge in [-0.1, -0.05) is 18.2 Å². The highest BCUT2D eigenvalue weighted by molar-refractivity contribution is 5.76. The van der Waals surface area contributed by atoms with Crippen molar-refractivity contribution < 1.29 is 4.74 Å². The lowest BCUT2D eigenvalue weighted by molar-refractivity contribution is 0.415. The summed E-state index contributed by atoms with van der Waals surface area (Å²) in [7, 11) is 5.53. The maximum Gasteiger partial charge on any atom is 0.118 e. The van der Waals surface area contributed by atoms with Crippen molar-refractivity contribution in [3.63, 3.8) is 0 Å². The van der Waals surface area contributed by atoms with Gasteiger partial charge >= 0.3 is 0 Å². The number of nitrogens with zero attached hydrogens (tertiary/aromatic N) is 2. The summed E-state index contributed by atoms with van der Waals surface area (Å²) < 4.78 is 5.15. The minimum atomic E-state index is 0.665. The van der Waals surface area contributed by atoms with Crippen LogP contribution in [-0.2, 0) is 0 Å². The highest BCUT2D eigenvalue weighted by Crippen LogP contribution is 2.33. The normalized spacial score (nSPS) is 10.1. The van der Waals surface area contributed by atoms with Gasteiger partial charge in [-0.3, -0.25) is 0 Å². The number of benzene rings is 2. The Hall–Kier alpha value is -2.36. The van der Waals surface area contributed by atoms with E-state index in [9.17, 15) is 0 Å². The zero-order valence-electron chi connectivity index (χ0n) is 11.3. The number of rotatable bonds is 4. The smallest absolute Gasteiger partial charge is 0.118 e. The molecule has 0 spiro atoms. The molecule has 0 unspecified atom stereocenters. The molecule has 4 nitrogen and oxygen atoms in total. The zero-order valence-corrected chi connectivity index (χ0v) is 11.3. The predicted octanol–water partition coefficient (Wildman–Crippen LogP) is 4.09. The topological polar surface area (TPSA) is 48.7 Å². The molecule has 0 aliphatic carbocycles. The first-order valence-electron chi connectivity index (χ1n) is 5.99. The summed E-state index contributed by atoms with van der Waals surface area (Å²) in [5, 5.41) is 3.60. The average Bonchev–Trinajstić information content (AvgIpc) is 2.46. The van der Waals surface area contributed by atoms with Gasteiger partial charge < -0.3 is 9.64 Å². The minimum absolute atomic E-state index is 0.665. The number of methoxy groups -OCH3 is 1. The van der Waals surface area contributed by atoms with Crippen LogP contribution in [0.2, 0.25) is 0 Å². The van der Waals surface area contributed by atoms with Crippen LogP contribution in [0.1, 0.15) is 0 Å². The van der Waals surface area contributed by atoms with Crippen LogP contribution in [0, 0.1) is 5.53 Å². The molecule has 4 heteroatoms. The summed E-state index contributed by atoms with van der Waals surface area (Å²) >= 11 is 0. The summed E-state index contributed by atoms with van der Waals surface area (Å²) in [4.78, 5) is 1.95. The Labute approximate surface area is 113 Å². The molecule has 0 aromatic heterocycles. The van der Waals surface area contributed by atoms with E-state index < -0.39 is 0 Å². The standard InChI is InChI=1S/C15H17N3O/c1-18(2)15-9-6-12(10-14(15)17-16)11-4-7-13(19-3)8-5-11/h4-10,16H,1-3H3. The van der Waals surface area contributed by atoms with Gasteiger partial charge in [0.15, 0.2) is 0 Å². The molecule has 0 amide bonds. The fraction of sp³-hybridized carbons (Fsp3) is 0.200. The molecule has 0 aliphatic heterocycles. The van der Waals surface area contributed by atoms with Gasteiger partial charge in [0.25, 0.3) is 0 Å². The SMILES string of the molecule is COc1ccc(-c2ccc(N(C)C)c(N=N)c2)cc1. The third-order valence-corrected chi connectivity index (χ3v) is 3.00. The maximum atomic E-state index is 7.28. The number of hydrogen-bond donors (Lipinski definition) is 1. The first-order chi connectivity index (χ1) is 9.15. The minimum Gasteiger partial charge on any atom is -0.497 e. The van der Waals surface area contributed by atoms with E-state index in [4.69, 9.17) is 10.3 Å². The molecule has 0 bridgehead atoms. The van der Waals surface area contributed by atoms with E-state index in [1.54, 1.807) is 7.11 Å². The van der Waals surface area contributed by atoms with E-state index in [1.807, 2.05) is 61.5 Å². The van der Waals surface area contributed by atoms with E-state index in [0.717, 1.165) is 22.6 Å². The lowest BCUT2D eigenvalue weighted by Gasteiger charge is -2.15. The Morgan fingerprint density at radius 3 is 2.16 bits per heavy atom. The molecule has 0 atom stereocenters. The molecule has 19 heavy (non-hydrogen) atoms. The van der Waals surface area contributed by atoms with Crippen LogP contribution >= 0.6 is 0 Å². The summed E-state index contributed by atoms with van der Waals surface area (Å²) in [5.41, 5.74) is 11.0. The third-order valence-electron chi connectivity index (χ3n) is 3.00. The maximum absolute atomic E-state index is 7.28. The lowest BCUT2D eigenvalue weighted by atomic mass is 10.0. The molecule has 2 aromatic rings. The molecule has 2 rings (SSSR count). The highest BCUT2D eigenvalue weighted by Gasteiger charge is 2.06. The van der Waals surface area contributed by atoms with E-state index in [-0.39, 0.29) is 0 Å². The van der Waals surface area contributed by atoms with E-state index in [0.29, 0.717) is 5.69 Å². The molecular weight excluding hydrogens is 238 g/mol. The van der Waals surface area contributed by atoms with Crippen LogP contribution < -0.4 is 9.64 Å². The highest BCUT2D eigenvalue weighted by atomic mass is 16.5. The number of ether oxygens (including phenoxy) is 1. The Kier molecular flexibility index (Phi) is 3.80. The largest absolute Gasteiger partial charge is 0.497 e. The second-order valence-corrected chi connectivity index (χ2v) is 4.44. The Morgan fingerprint density at radius 1 is 1.00 bits per heavy atom. The number of anilines is 1. The van der Waals surface area contributed by atoms with Crippen molar-refractivity contribution in [2.45, 2.75) is 0 Å². The molecule has 0 aliphatic rings. The second kappa shape index (κ2) is 5.52. The zero-order chi connectivity index (χ0) is 13.8. The Morgan fingerprint density at radius 2 is 1.63 bits per heavy atom. The molecule has 0 saturated heterocycles. The fourth-order valence-corrected chi connectivity index (χ4v) is 1.95. The molecule has 0 fully saturated rings. The van der Waals surface area contributed by atoms with Crippen LogP contribution in [0.25, 0.3) is 11.1 Å². The van der Waals surface area contributed by atoms with Crippen molar-refractivity contribution in [3.05, 3.63) is 42.5 Å². The first kappa shape index (κ1) is 13.1. The summed E-state index contributed by atoms with van der Waals surface area (Å²) in [5.74, 6) is 0.832. The van der Waals surface area contributed by atoms with Crippen molar-refractivity contribution in [1.82, 2.24) is 0 Å². The van der Waals surface area contributed by atoms with Gasteiger partial charge in [-0.2, -0.15) is 5.11 Å². The molecular formula is C15H17N3O. The van der Waals surface area contributed by atoms with Crippen LogP contribution in [0.5, 0.6) is 5.75 Å². The second-order valence-electron chi connectivity index (χ2n) is 4.44. The first-order valence-corrected chi connectivity index (χ1v) is 5.99.